The van der Waals surface area contributed by atoms with Gasteiger partial charge in [-0.1, -0.05) is 6.07 Å². The normalized spacial score (nSPS) is 13.7. The van der Waals surface area contributed by atoms with Gasteiger partial charge in [-0.2, -0.15) is 5.10 Å². The first kappa shape index (κ1) is 15.1. The molecule has 1 aliphatic rings. The summed E-state index contributed by atoms with van der Waals surface area (Å²) in [6.07, 6.45) is 0. The Labute approximate surface area is 132 Å². The van der Waals surface area contributed by atoms with Crippen LogP contribution in [0.2, 0.25) is 0 Å². The number of nitrogens with one attached hydrogen (secondary N) is 1. The molecule has 0 saturated heterocycles. The SMILES string of the molecule is Cc1ccc(=O)n(C(C)C(=O)NCc2ccc3c(c2)OCO3)n1. The van der Waals surface area contributed by atoms with Crippen molar-refractivity contribution in [2.24, 2.45) is 0 Å². The zero-order chi connectivity index (χ0) is 16.4. The van der Waals surface area contributed by atoms with Crippen molar-refractivity contribution in [3.8, 4) is 11.5 Å². The second-order valence-corrected chi connectivity index (χ2v) is 5.34. The Hall–Kier alpha value is -2.83. The smallest absolute Gasteiger partial charge is 0.267 e. The third-order valence-electron chi connectivity index (χ3n) is 3.61. The molecule has 1 aromatic carbocycles. The summed E-state index contributed by atoms with van der Waals surface area (Å²) in [5, 5.41) is 6.90. The first-order chi connectivity index (χ1) is 11.0. The van der Waals surface area contributed by atoms with E-state index >= 15 is 0 Å². The van der Waals surface area contributed by atoms with Gasteiger partial charge in [0.05, 0.1) is 5.69 Å². The molecule has 7 heteroatoms. The Kier molecular flexibility index (Phi) is 4.01. The van der Waals surface area contributed by atoms with E-state index in [-0.39, 0.29) is 18.3 Å². The van der Waals surface area contributed by atoms with E-state index in [0.29, 0.717) is 23.7 Å². The molecule has 0 aliphatic carbocycles. The summed E-state index contributed by atoms with van der Waals surface area (Å²) in [6, 6.07) is 7.83. The number of benzene rings is 1. The van der Waals surface area contributed by atoms with Gasteiger partial charge in [0.25, 0.3) is 5.56 Å². The largest absolute Gasteiger partial charge is 0.454 e. The highest BCUT2D eigenvalue weighted by atomic mass is 16.7. The van der Waals surface area contributed by atoms with Crippen LogP contribution in [0.15, 0.2) is 35.1 Å². The van der Waals surface area contributed by atoms with Crippen LogP contribution in [-0.2, 0) is 11.3 Å². The fraction of sp³-hybridized carbons (Fsp3) is 0.312. The monoisotopic (exact) mass is 315 g/mol. The zero-order valence-corrected chi connectivity index (χ0v) is 12.9. The molecule has 2 heterocycles. The fourth-order valence-corrected chi connectivity index (χ4v) is 2.30. The minimum Gasteiger partial charge on any atom is -0.454 e. The molecule has 1 aromatic heterocycles. The van der Waals surface area contributed by atoms with E-state index < -0.39 is 6.04 Å². The van der Waals surface area contributed by atoms with Gasteiger partial charge in [-0.15, -0.1) is 0 Å². The standard InChI is InChI=1S/C16H17N3O4/c1-10-3-6-15(20)19(18-10)11(2)16(21)17-8-12-4-5-13-14(7-12)23-9-22-13/h3-7,11H,8-9H2,1-2H3,(H,17,21). The lowest BCUT2D eigenvalue weighted by molar-refractivity contribution is -0.124. The second kappa shape index (κ2) is 6.12. The van der Waals surface area contributed by atoms with Crippen LogP contribution in [0.4, 0.5) is 0 Å². The van der Waals surface area contributed by atoms with Crippen molar-refractivity contribution < 1.29 is 14.3 Å². The van der Waals surface area contributed by atoms with Crippen LogP contribution in [0.5, 0.6) is 11.5 Å². The molecule has 120 valence electrons. The summed E-state index contributed by atoms with van der Waals surface area (Å²) in [5.74, 6) is 1.09. The zero-order valence-electron chi connectivity index (χ0n) is 12.9. The Balaban J connectivity index is 1.67. The highest BCUT2D eigenvalue weighted by Gasteiger charge is 2.18. The highest BCUT2D eigenvalue weighted by Crippen LogP contribution is 2.32. The molecule has 0 fully saturated rings. The number of hydrogen-bond donors (Lipinski definition) is 1. The fourth-order valence-electron chi connectivity index (χ4n) is 2.30. The van der Waals surface area contributed by atoms with Gasteiger partial charge in [-0.25, -0.2) is 4.68 Å². The summed E-state index contributed by atoms with van der Waals surface area (Å²) in [5.41, 5.74) is 1.26. The van der Waals surface area contributed by atoms with E-state index in [1.54, 1.807) is 26.0 Å². The molecule has 7 nitrogen and oxygen atoms in total. The van der Waals surface area contributed by atoms with Crippen molar-refractivity contribution in [1.29, 1.82) is 0 Å². The number of aromatic nitrogens is 2. The van der Waals surface area contributed by atoms with Gasteiger partial charge in [0, 0.05) is 12.6 Å². The average Bonchev–Trinajstić information content (AvgIpc) is 3.01. The van der Waals surface area contributed by atoms with Crippen molar-refractivity contribution in [2.75, 3.05) is 6.79 Å². The number of nitrogens with zero attached hydrogens (tertiary/aromatic N) is 2. The summed E-state index contributed by atoms with van der Waals surface area (Å²) < 4.78 is 11.7. The summed E-state index contributed by atoms with van der Waals surface area (Å²) in [4.78, 5) is 24.1. The Morgan fingerprint density at radius 3 is 2.91 bits per heavy atom. The van der Waals surface area contributed by atoms with Crippen molar-refractivity contribution in [3.63, 3.8) is 0 Å². The van der Waals surface area contributed by atoms with E-state index in [2.05, 4.69) is 10.4 Å². The molecular formula is C16H17N3O4. The van der Waals surface area contributed by atoms with Crippen LogP contribution < -0.4 is 20.3 Å². The molecule has 1 atom stereocenters. The number of ether oxygens (including phenoxy) is 2. The van der Waals surface area contributed by atoms with Crippen molar-refractivity contribution >= 4 is 5.91 Å². The predicted octanol–water partition coefficient (Wildman–Crippen LogP) is 1.16. The lowest BCUT2D eigenvalue weighted by Gasteiger charge is -2.14. The summed E-state index contributed by atoms with van der Waals surface area (Å²) in [7, 11) is 0. The lowest BCUT2D eigenvalue weighted by atomic mass is 10.2. The number of aryl methyl sites for hydroxylation is 1. The predicted molar refractivity (Wildman–Crippen MR) is 82.4 cm³/mol. The van der Waals surface area contributed by atoms with Crippen LogP contribution in [0.3, 0.4) is 0 Å². The van der Waals surface area contributed by atoms with Crippen molar-refractivity contribution in [3.05, 3.63) is 51.9 Å². The van der Waals surface area contributed by atoms with Crippen molar-refractivity contribution in [1.82, 2.24) is 15.1 Å². The molecular weight excluding hydrogens is 298 g/mol. The number of carbonyl (C=O) groups excluding carboxylic acids is 1. The van der Waals surface area contributed by atoms with Crippen LogP contribution >= 0.6 is 0 Å². The first-order valence-corrected chi connectivity index (χ1v) is 7.27. The second-order valence-electron chi connectivity index (χ2n) is 5.34. The lowest BCUT2D eigenvalue weighted by Crippen LogP contribution is -2.36. The minimum absolute atomic E-state index is 0.212. The van der Waals surface area contributed by atoms with Gasteiger partial charge in [0.1, 0.15) is 6.04 Å². The van der Waals surface area contributed by atoms with Crippen LogP contribution in [0, 0.1) is 6.92 Å². The van der Waals surface area contributed by atoms with E-state index in [9.17, 15) is 9.59 Å². The molecule has 0 saturated carbocycles. The molecule has 3 rings (SSSR count). The average molecular weight is 315 g/mol. The van der Waals surface area contributed by atoms with Gasteiger partial charge in [0.15, 0.2) is 11.5 Å². The molecule has 1 amide bonds. The maximum atomic E-state index is 12.2. The highest BCUT2D eigenvalue weighted by molar-refractivity contribution is 5.79. The molecule has 0 spiro atoms. The van der Waals surface area contributed by atoms with Gasteiger partial charge < -0.3 is 14.8 Å². The van der Waals surface area contributed by atoms with E-state index in [1.807, 2.05) is 12.1 Å². The molecule has 2 aromatic rings. The Morgan fingerprint density at radius 2 is 2.09 bits per heavy atom. The van der Waals surface area contributed by atoms with Crippen molar-refractivity contribution in [2.45, 2.75) is 26.4 Å². The first-order valence-electron chi connectivity index (χ1n) is 7.27. The summed E-state index contributed by atoms with van der Waals surface area (Å²) in [6.45, 7) is 3.96. The number of fused-ring (bicyclic) bond motifs is 1. The molecule has 1 unspecified atom stereocenters. The van der Waals surface area contributed by atoms with E-state index in [1.165, 1.54) is 10.7 Å². The summed E-state index contributed by atoms with van der Waals surface area (Å²) >= 11 is 0. The molecule has 23 heavy (non-hydrogen) atoms. The van der Waals surface area contributed by atoms with Crippen LogP contribution in [-0.4, -0.2) is 22.5 Å². The molecule has 1 aliphatic heterocycles. The van der Waals surface area contributed by atoms with E-state index in [4.69, 9.17) is 9.47 Å². The van der Waals surface area contributed by atoms with Gasteiger partial charge in [0.2, 0.25) is 12.7 Å². The Morgan fingerprint density at radius 1 is 1.30 bits per heavy atom. The molecule has 0 bridgehead atoms. The third kappa shape index (κ3) is 3.18. The molecule has 1 N–H and O–H groups in total. The van der Waals surface area contributed by atoms with Crippen LogP contribution in [0.25, 0.3) is 0 Å². The van der Waals surface area contributed by atoms with Crippen LogP contribution in [0.1, 0.15) is 24.2 Å². The van der Waals surface area contributed by atoms with E-state index in [0.717, 1.165) is 5.56 Å². The molecule has 0 radical (unpaired) electrons. The topological polar surface area (TPSA) is 82.5 Å². The maximum Gasteiger partial charge on any atom is 0.267 e. The number of carbonyl (C=O) groups is 1. The number of amides is 1. The maximum absolute atomic E-state index is 12.2. The van der Waals surface area contributed by atoms with Gasteiger partial charge in [-0.05, 0) is 37.6 Å². The van der Waals surface area contributed by atoms with Gasteiger partial charge >= 0.3 is 0 Å². The number of hydrogen-bond acceptors (Lipinski definition) is 5. The Bertz CT molecular complexity index is 800. The number of rotatable bonds is 4. The quantitative estimate of drug-likeness (QED) is 0.915. The van der Waals surface area contributed by atoms with Gasteiger partial charge in [-0.3, -0.25) is 9.59 Å². The third-order valence-corrected chi connectivity index (χ3v) is 3.61. The minimum atomic E-state index is -0.684.